The van der Waals surface area contributed by atoms with Gasteiger partial charge >= 0.3 is 0 Å². The summed E-state index contributed by atoms with van der Waals surface area (Å²) < 4.78 is 27.8. The highest BCUT2D eigenvalue weighted by Crippen LogP contribution is 2.27. The lowest BCUT2D eigenvalue weighted by Crippen LogP contribution is -2.31. The number of hydrogen-bond donors (Lipinski definition) is 2. The number of nitrogens with one attached hydrogen (secondary N) is 2. The van der Waals surface area contributed by atoms with Gasteiger partial charge in [0, 0.05) is 23.5 Å². The van der Waals surface area contributed by atoms with Gasteiger partial charge in [-0.1, -0.05) is 13.3 Å². The van der Waals surface area contributed by atoms with Crippen LogP contribution < -0.4 is 10.0 Å². The van der Waals surface area contributed by atoms with Crippen molar-refractivity contribution in [3.8, 4) is 0 Å². The van der Waals surface area contributed by atoms with E-state index in [-0.39, 0.29) is 6.04 Å². The summed E-state index contributed by atoms with van der Waals surface area (Å²) in [6.07, 6.45) is 4.32. The number of aryl methyl sites for hydroxylation is 1. The minimum Gasteiger partial charge on any atom is -0.309 e. The van der Waals surface area contributed by atoms with Crippen LogP contribution >= 0.6 is 11.3 Å². The van der Waals surface area contributed by atoms with E-state index in [1.165, 1.54) is 24.2 Å². The number of thiophene rings is 1. The first-order valence-corrected chi connectivity index (χ1v) is 9.57. The summed E-state index contributed by atoms with van der Waals surface area (Å²) in [5.74, 6) is 0. The Kier molecular flexibility index (Phi) is 5.23. The lowest BCUT2D eigenvalue weighted by Gasteiger charge is -2.11. The summed E-state index contributed by atoms with van der Waals surface area (Å²) in [5, 5.41) is 3.43. The molecule has 4 nitrogen and oxygen atoms in total. The molecule has 1 unspecified atom stereocenters. The zero-order chi connectivity index (χ0) is 14.8. The second kappa shape index (κ2) is 6.56. The van der Waals surface area contributed by atoms with Crippen molar-refractivity contribution in [2.24, 2.45) is 0 Å². The molecule has 0 radical (unpaired) electrons. The zero-order valence-corrected chi connectivity index (χ0v) is 14.0. The number of rotatable bonds is 8. The average molecular weight is 316 g/mol. The molecule has 1 aliphatic carbocycles. The Morgan fingerprint density at radius 3 is 2.75 bits per heavy atom. The Balaban J connectivity index is 2.04. The molecule has 0 saturated heterocycles. The molecule has 2 rings (SSSR count). The topological polar surface area (TPSA) is 58.2 Å². The average Bonchev–Trinajstić information content (AvgIpc) is 3.09. The minimum absolute atomic E-state index is 0.0135. The van der Waals surface area contributed by atoms with Crippen LogP contribution in [-0.2, 0) is 16.6 Å². The molecule has 0 aliphatic heterocycles. The minimum atomic E-state index is -3.37. The smallest absolute Gasteiger partial charge is 0.250 e. The number of hydrogen-bond acceptors (Lipinski definition) is 4. The molecule has 1 heterocycles. The van der Waals surface area contributed by atoms with Gasteiger partial charge in [-0.15, -0.1) is 11.3 Å². The molecule has 1 aliphatic rings. The van der Waals surface area contributed by atoms with Crippen LogP contribution in [0.3, 0.4) is 0 Å². The van der Waals surface area contributed by atoms with Gasteiger partial charge in [0.25, 0.3) is 0 Å². The fourth-order valence-electron chi connectivity index (χ4n) is 2.14. The summed E-state index contributed by atoms with van der Waals surface area (Å²) in [5.41, 5.74) is 1.06. The molecule has 1 saturated carbocycles. The van der Waals surface area contributed by atoms with E-state index in [1.54, 1.807) is 6.07 Å². The molecule has 0 aromatic carbocycles. The van der Waals surface area contributed by atoms with E-state index in [0.717, 1.165) is 29.8 Å². The van der Waals surface area contributed by atoms with Gasteiger partial charge in [0.15, 0.2) is 0 Å². The molecule has 0 amide bonds. The molecular formula is C14H24N2O2S2. The highest BCUT2D eigenvalue weighted by atomic mass is 32.2. The van der Waals surface area contributed by atoms with Gasteiger partial charge in [-0.3, -0.25) is 0 Å². The maximum absolute atomic E-state index is 12.3. The quantitative estimate of drug-likeness (QED) is 0.775. The van der Waals surface area contributed by atoms with Crippen LogP contribution in [-0.4, -0.2) is 20.5 Å². The predicted molar refractivity (Wildman–Crippen MR) is 83.6 cm³/mol. The van der Waals surface area contributed by atoms with Crippen LogP contribution in [0.4, 0.5) is 0 Å². The molecule has 1 aromatic heterocycles. The van der Waals surface area contributed by atoms with E-state index in [9.17, 15) is 8.42 Å². The second-order valence-corrected chi connectivity index (χ2v) is 8.72. The van der Waals surface area contributed by atoms with Gasteiger partial charge in [-0.25, -0.2) is 13.1 Å². The van der Waals surface area contributed by atoms with Crippen molar-refractivity contribution in [1.29, 1.82) is 0 Å². The van der Waals surface area contributed by atoms with E-state index in [4.69, 9.17) is 0 Å². The van der Waals surface area contributed by atoms with Gasteiger partial charge in [-0.2, -0.15) is 0 Å². The maximum Gasteiger partial charge on any atom is 0.250 e. The lowest BCUT2D eigenvalue weighted by atomic mass is 10.2. The van der Waals surface area contributed by atoms with Crippen LogP contribution in [0.5, 0.6) is 0 Å². The zero-order valence-electron chi connectivity index (χ0n) is 12.4. The summed E-state index contributed by atoms with van der Waals surface area (Å²) >= 11 is 1.38. The molecule has 114 valence electrons. The maximum atomic E-state index is 12.3. The van der Waals surface area contributed by atoms with E-state index < -0.39 is 10.0 Å². The van der Waals surface area contributed by atoms with Crippen molar-refractivity contribution >= 4 is 21.4 Å². The fraction of sp³-hybridized carbons (Fsp3) is 0.714. The third-order valence-electron chi connectivity index (χ3n) is 3.47. The third kappa shape index (κ3) is 4.28. The Bertz CT molecular complexity index is 548. The summed E-state index contributed by atoms with van der Waals surface area (Å²) in [4.78, 5) is 1.13. The normalized spacial score (nSPS) is 17.4. The summed E-state index contributed by atoms with van der Waals surface area (Å²) in [6, 6.07) is 2.41. The van der Waals surface area contributed by atoms with Crippen molar-refractivity contribution in [2.75, 3.05) is 0 Å². The second-order valence-electron chi connectivity index (χ2n) is 5.64. The Labute approximate surface area is 126 Å². The lowest BCUT2D eigenvalue weighted by molar-refractivity contribution is 0.545. The largest absolute Gasteiger partial charge is 0.309 e. The van der Waals surface area contributed by atoms with Gasteiger partial charge in [0.2, 0.25) is 10.0 Å². The Morgan fingerprint density at radius 2 is 2.15 bits per heavy atom. The van der Waals surface area contributed by atoms with E-state index in [1.807, 2.05) is 13.8 Å². The van der Waals surface area contributed by atoms with Crippen LogP contribution in [0.2, 0.25) is 0 Å². The van der Waals surface area contributed by atoms with Crippen LogP contribution in [0, 0.1) is 6.92 Å². The highest BCUT2D eigenvalue weighted by molar-refractivity contribution is 7.91. The predicted octanol–water partition coefficient (Wildman–Crippen LogP) is 2.78. The first kappa shape index (κ1) is 15.9. The standard InChI is InChI=1S/C14H24N2O2S2/c1-4-5-11(3)16-20(17,18)14-8-10(2)13(19-14)9-15-12-6-7-12/h8,11-12,15-16H,4-7,9H2,1-3H3. The fourth-order valence-corrected chi connectivity index (χ4v) is 4.97. The molecule has 2 N–H and O–H groups in total. The van der Waals surface area contributed by atoms with Gasteiger partial charge in [0.05, 0.1) is 0 Å². The van der Waals surface area contributed by atoms with Crippen LogP contribution in [0.1, 0.15) is 50.0 Å². The van der Waals surface area contributed by atoms with Crippen molar-refractivity contribution in [2.45, 2.75) is 69.3 Å². The third-order valence-corrected chi connectivity index (χ3v) is 6.77. The molecule has 1 fully saturated rings. The van der Waals surface area contributed by atoms with Crippen molar-refractivity contribution < 1.29 is 8.42 Å². The highest BCUT2D eigenvalue weighted by Gasteiger charge is 2.23. The molecule has 1 atom stereocenters. The summed E-state index contributed by atoms with van der Waals surface area (Å²) in [7, 11) is -3.37. The Morgan fingerprint density at radius 1 is 1.45 bits per heavy atom. The molecule has 1 aromatic rings. The molecule has 20 heavy (non-hydrogen) atoms. The first-order valence-electron chi connectivity index (χ1n) is 7.27. The molecular weight excluding hydrogens is 292 g/mol. The monoisotopic (exact) mass is 316 g/mol. The molecule has 0 spiro atoms. The van der Waals surface area contributed by atoms with Gasteiger partial charge < -0.3 is 5.32 Å². The van der Waals surface area contributed by atoms with Crippen LogP contribution in [0.15, 0.2) is 10.3 Å². The van der Waals surface area contributed by atoms with Gasteiger partial charge in [-0.05, 0) is 44.7 Å². The SMILES string of the molecule is CCCC(C)NS(=O)(=O)c1cc(C)c(CNC2CC2)s1. The van der Waals surface area contributed by atoms with Crippen molar-refractivity contribution in [3.63, 3.8) is 0 Å². The van der Waals surface area contributed by atoms with Crippen LogP contribution in [0.25, 0.3) is 0 Å². The Hall–Kier alpha value is -0.430. The van der Waals surface area contributed by atoms with Gasteiger partial charge in [0.1, 0.15) is 4.21 Å². The molecule has 0 bridgehead atoms. The summed E-state index contributed by atoms with van der Waals surface area (Å²) in [6.45, 7) is 6.73. The van der Waals surface area contributed by atoms with E-state index in [2.05, 4.69) is 17.0 Å². The van der Waals surface area contributed by atoms with E-state index in [0.29, 0.717) is 10.3 Å². The van der Waals surface area contributed by atoms with Crippen molar-refractivity contribution in [1.82, 2.24) is 10.0 Å². The molecule has 6 heteroatoms. The number of sulfonamides is 1. The van der Waals surface area contributed by atoms with Crippen molar-refractivity contribution in [3.05, 3.63) is 16.5 Å². The van der Waals surface area contributed by atoms with E-state index >= 15 is 0 Å². The first-order chi connectivity index (χ1) is 9.42.